The van der Waals surface area contributed by atoms with Crippen molar-refractivity contribution < 1.29 is 28.3 Å². The van der Waals surface area contributed by atoms with E-state index in [-0.39, 0.29) is 23.7 Å². The highest BCUT2D eigenvalue weighted by Gasteiger charge is 2.48. The monoisotopic (exact) mass is 477 g/mol. The number of imide groups is 1. The molecule has 5 rings (SSSR count). The topological polar surface area (TPSA) is 109 Å². The van der Waals surface area contributed by atoms with Crippen LogP contribution in [0, 0.1) is 18.8 Å². The molecule has 1 aliphatic carbocycles. The Labute approximate surface area is 202 Å². The van der Waals surface area contributed by atoms with Gasteiger partial charge in [0, 0.05) is 6.42 Å². The third kappa shape index (κ3) is 4.50. The second kappa shape index (κ2) is 9.48. The summed E-state index contributed by atoms with van der Waals surface area (Å²) in [7, 11) is 0. The number of nitrogens with zero attached hydrogens (tertiary/aromatic N) is 3. The Morgan fingerprint density at radius 1 is 1.06 bits per heavy atom. The van der Waals surface area contributed by atoms with Gasteiger partial charge in [-0.2, -0.15) is 5.10 Å². The molecule has 0 bridgehead atoms. The SMILES string of the molecule is Cc1ccc(C2=NN(C(=O)COC(=O)CN3C(=O)[C@H]4CCCC[C@H]4C3=O)[C@H](c3ccco3)C2)cc1. The van der Waals surface area contributed by atoms with Gasteiger partial charge in [-0.05, 0) is 37.5 Å². The Balaban J connectivity index is 1.24. The van der Waals surface area contributed by atoms with E-state index in [1.54, 1.807) is 12.1 Å². The lowest BCUT2D eigenvalue weighted by molar-refractivity contribution is -0.157. The first-order chi connectivity index (χ1) is 16.9. The number of amides is 3. The predicted octanol–water partition coefficient (Wildman–Crippen LogP) is 2.98. The molecule has 0 spiro atoms. The van der Waals surface area contributed by atoms with Gasteiger partial charge in [0.25, 0.3) is 5.91 Å². The number of carbonyl (C=O) groups is 4. The van der Waals surface area contributed by atoms with Crippen LogP contribution in [0.3, 0.4) is 0 Å². The Morgan fingerprint density at radius 3 is 2.37 bits per heavy atom. The molecule has 0 radical (unpaired) electrons. The zero-order valence-corrected chi connectivity index (χ0v) is 19.5. The number of aryl methyl sites for hydroxylation is 1. The molecule has 3 heterocycles. The molecule has 2 aliphatic heterocycles. The molecule has 9 heteroatoms. The fourth-order valence-electron chi connectivity index (χ4n) is 5.13. The first kappa shape index (κ1) is 23.0. The quantitative estimate of drug-likeness (QED) is 0.467. The van der Waals surface area contributed by atoms with E-state index in [1.165, 1.54) is 11.3 Å². The third-order valence-corrected chi connectivity index (χ3v) is 7.00. The van der Waals surface area contributed by atoms with Crippen LogP contribution < -0.4 is 0 Å². The van der Waals surface area contributed by atoms with Crippen LogP contribution in [0.15, 0.2) is 52.2 Å². The number of hydrogen-bond acceptors (Lipinski definition) is 7. The average Bonchev–Trinajstić information content (AvgIpc) is 3.60. The van der Waals surface area contributed by atoms with Crippen LogP contribution >= 0.6 is 0 Å². The summed E-state index contributed by atoms with van der Waals surface area (Å²) in [6, 6.07) is 10.9. The minimum atomic E-state index is -0.796. The summed E-state index contributed by atoms with van der Waals surface area (Å²) in [5, 5.41) is 5.79. The highest BCUT2D eigenvalue weighted by atomic mass is 16.5. The molecule has 182 valence electrons. The van der Waals surface area contributed by atoms with Crippen molar-refractivity contribution in [3.8, 4) is 0 Å². The van der Waals surface area contributed by atoms with E-state index in [0.717, 1.165) is 34.6 Å². The van der Waals surface area contributed by atoms with Crippen molar-refractivity contribution in [1.29, 1.82) is 0 Å². The molecular formula is C26H27N3O6. The van der Waals surface area contributed by atoms with Crippen LogP contribution in [0.25, 0.3) is 0 Å². The zero-order chi connectivity index (χ0) is 24.5. The molecule has 1 saturated heterocycles. The number of fused-ring (bicyclic) bond motifs is 1. The minimum absolute atomic E-state index is 0.312. The number of likely N-dealkylation sites (tertiary alicyclic amines) is 1. The maximum atomic E-state index is 13.0. The number of esters is 1. The normalized spacial score (nSPS) is 23.9. The summed E-state index contributed by atoms with van der Waals surface area (Å²) < 4.78 is 10.7. The van der Waals surface area contributed by atoms with E-state index >= 15 is 0 Å². The number of hydrazone groups is 1. The van der Waals surface area contributed by atoms with Gasteiger partial charge in [-0.25, -0.2) is 5.01 Å². The molecule has 0 N–H and O–H groups in total. The maximum absolute atomic E-state index is 13.0. The molecule has 1 saturated carbocycles. The van der Waals surface area contributed by atoms with Gasteiger partial charge in [-0.3, -0.25) is 24.1 Å². The number of carbonyl (C=O) groups excluding carboxylic acids is 4. The molecule has 1 aromatic carbocycles. The third-order valence-electron chi connectivity index (χ3n) is 7.00. The van der Waals surface area contributed by atoms with Crippen molar-refractivity contribution >= 4 is 29.4 Å². The second-order valence-corrected chi connectivity index (χ2v) is 9.31. The van der Waals surface area contributed by atoms with Gasteiger partial charge in [-0.1, -0.05) is 42.7 Å². The van der Waals surface area contributed by atoms with E-state index in [0.29, 0.717) is 25.0 Å². The minimum Gasteiger partial charge on any atom is -0.467 e. The molecule has 0 unspecified atom stereocenters. The lowest BCUT2D eigenvalue weighted by Crippen LogP contribution is -2.38. The lowest BCUT2D eigenvalue weighted by Gasteiger charge is -2.20. The van der Waals surface area contributed by atoms with E-state index in [1.807, 2.05) is 31.2 Å². The molecular weight excluding hydrogens is 450 g/mol. The average molecular weight is 478 g/mol. The van der Waals surface area contributed by atoms with Gasteiger partial charge in [0.1, 0.15) is 18.3 Å². The van der Waals surface area contributed by atoms with E-state index in [9.17, 15) is 19.2 Å². The predicted molar refractivity (Wildman–Crippen MR) is 124 cm³/mol. The van der Waals surface area contributed by atoms with Crippen molar-refractivity contribution in [2.75, 3.05) is 13.2 Å². The number of ether oxygens (including phenoxy) is 1. The van der Waals surface area contributed by atoms with Gasteiger partial charge < -0.3 is 9.15 Å². The van der Waals surface area contributed by atoms with Gasteiger partial charge in [0.15, 0.2) is 6.61 Å². The van der Waals surface area contributed by atoms with Gasteiger partial charge in [0.05, 0.1) is 23.8 Å². The fourth-order valence-corrected chi connectivity index (χ4v) is 5.13. The summed E-state index contributed by atoms with van der Waals surface area (Å²) in [5.74, 6) is -2.03. The summed E-state index contributed by atoms with van der Waals surface area (Å²) >= 11 is 0. The Hall–Kier alpha value is -3.75. The van der Waals surface area contributed by atoms with Crippen molar-refractivity contribution in [2.24, 2.45) is 16.9 Å². The zero-order valence-electron chi connectivity index (χ0n) is 19.5. The van der Waals surface area contributed by atoms with Crippen LogP contribution in [0.4, 0.5) is 0 Å². The van der Waals surface area contributed by atoms with Gasteiger partial charge in [-0.15, -0.1) is 0 Å². The molecule has 9 nitrogen and oxygen atoms in total. The molecule has 35 heavy (non-hydrogen) atoms. The van der Waals surface area contributed by atoms with E-state index < -0.39 is 31.1 Å². The molecule has 3 aliphatic rings. The maximum Gasteiger partial charge on any atom is 0.326 e. The smallest absolute Gasteiger partial charge is 0.326 e. The summed E-state index contributed by atoms with van der Waals surface area (Å²) in [6.45, 7) is 0.967. The van der Waals surface area contributed by atoms with Gasteiger partial charge in [0.2, 0.25) is 11.8 Å². The van der Waals surface area contributed by atoms with Crippen molar-refractivity contribution in [3.05, 3.63) is 59.5 Å². The van der Waals surface area contributed by atoms with Crippen molar-refractivity contribution in [2.45, 2.75) is 45.1 Å². The number of benzene rings is 1. The summed E-state index contributed by atoms with van der Waals surface area (Å²) in [5.41, 5.74) is 2.73. The Kier molecular flexibility index (Phi) is 6.23. The molecule has 1 aromatic heterocycles. The van der Waals surface area contributed by atoms with Crippen LogP contribution in [-0.2, 0) is 23.9 Å². The number of rotatable bonds is 6. The van der Waals surface area contributed by atoms with Crippen molar-refractivity contribution in [1.82, 2.24) is 9.91 Å². The molecule has 2 fully saturated rings. The molecule has 3 amide bonds. The summed E-state index contributed by atoms with van der Waals surface area (Å²) in [4.78, 5) is 51.6. The first-order valence-electron chi connectivity index (χ1n) is 11.9. The number of furan rings is 1. The van der Waals surface area contributed by atoms with E-state index in [2.05, 4.69) is 5.10 Å². The number of hydrogen-bond donors (Lipinski definition) is 0. The summed E-state index contributed by atoms with van der Waals surface area (Å²) in [6.07, 6.45) is 5.14. The van der Waals surface area contributed by atoms with Gasteiger partial charge >= 0.3 is 5.97 Å². The van der Waals surface area contributed by atoms with E-state index in [4.69, 9.17) is 9.15 Å². The van der Waals surface area contributed by atoms with Crippen LogP contribution in [0.1, 0.15) is 55.0 Å². The van der Waals surface area contributed by atoms with Crippen LogP contribution in [0.5, 0.6) is 0 Å². The molecule has 3 atom stereocenters. The standard InChI is InChI=1S/C26H27N3O6/c1-16-8-10-17(11-9-16)20-13-21(22-7-4-12-34-22)29(27-20)23(30)15-35-24(31)14-28-25(32)18-5-2-3-6-19(18)26(28)33/h4,7-12,18-19,21H,2-3,5-6,13-15H2,1H3/t18-,19+,21-/m0/s1. The first-order valence-corrected chi connectivity index (χ1v) is 11.9. The Bertz CT molecular complexity index is 1150. The highest BCUT2D eigenvalue weighted by molar-refractivity contribution is 6.07. The van der Waals surface area contributed by atoms with Crippen LogP contribution in [-0.4, -0.2) is 52.5 Å². The Morgan fingerprint density at radius 2 is 1.74 bits per heavy atom. The second-order valence-electron chi connectivity index (χ2n) is 9.31. The fraction of sp³-hybridized carbons (Fsp3) is 0.423. The molecule has 2 aromatic rings. The van der Waals surface area contributed by atoms with Crippen LogP contribution in [0.2, 0.25) is 0 Å². The highest BCUT2D eigenvalue weighted by Crippen LogP contribution is 2.38. The lowest BCUT2D eigenvalue weighted by atomic mass is 9.81. The largest absolute Gasteiger partial charge is 0.467 e. The van der Waals surface area contributed by atoms with Crippen molar-refractivity contribution in [3.63, 3.8) is 0 Å².